The van der Waals surface area contributed by atoms with E-state index in [-0.39, 0.29) is 18.2 Å². The van der Waals surface area contributed by atoms with Crippen LogP contribution in [0.15, 0.2) is 48.5 Å². The molecular weight excluding hydrogens is 295 g/mol. The number of hydrogen-bond acceptors (Lipinski definition) is 2. The summed E-state index contributed by atoms with van der Waals surface area (Å²) in [6.07, 6.45) is 0.162. The number of nitrogens with one attached hydrogen (secondary N) is 1. The van der Waals surface area contributed by atoms with E-state index < -0.39 is 11.7 Å². The topological polar surface area (TPSA) is 49.4 Å². The largest absolute Gasteiger partial charge is 0.326 e. The van der Waals surface area contributed by atoms with Gasteiger partial charge in [-0.15, -0.1) is 0 Å². The second-order valence-electron chi connectivity index (χ2n) is 5.69. The normalized spacial score (nSPS) is 17.4. The molecule has 0 unspecified atom stereocenters. The van der Waals surface area contributed by atoms with Gasteiger partial charge >= 0.3 is 0 Å². The predicted molar refractivity (Wildman–Crippen MR) is 86.7 cm³/mol. The standard InChI is InChI=1S/C18H17FN2O2/c1-12-5-2-3-8-16(12)21-11-13(9-17(21)22)18(23)20-15-7-4-6-14(19)10-15/h2-8,10,13H,9,11H2,1H3,(H,20,23)/t13-/m1/s1. The Morgan fingerprint density at radius 2 is 2.00 bits per heavy atom. The zero-order valence-electron chi connectivity index (χ0n) is 12.8. The van der Waals surface area contributed by atoms with E-state index in [9.17, 15) is 14.0 Å². The zero-order valence-corrected chi connectivity index (χ0v) is 12.8. The lowest BCUT2D eigenvalue weighted by molar-refractivity contribution is -0.122. The fourth-order valence-corrected chi connectivity index (χ4v) is 2.79. The van der Waals surface area contributed by atoms with Crippen molar-refractivity contribution < 1.29 is 14.0 Å². The van der Waals surface area contributed by atoms with Crippen LogP contribution < -0.4 is 10.2 Å². The average Bonchev–Trinajstić information content (AvgIpc) is 2.90. The number of benzene rings is 2. The SMILES string of the molecule is Cc1ccccc1N1C[C@H](C(=O)Nc2cccc(F)c2)CC1=O. The number of amides is 2. The third-order valence-corrected chi connectivity index (χ3v) is 3.99. The third-order valence-electron chi connectivity index (χ3n) is 3.99. The number of anilines is 2. The number of carbonyl (C=O) groups excluding carboxylic acids is 2. The molecule has 1 saturated heterocycles. The summed E-state index contributed by atoms with van der Waals surface area (Å²) in [5, 5.41) is 2.67. The number of carbonyl (C=O) groups is 2. The van der Waals surface area contributed by atoms with Gasteiger partial charge in [-0.1, -0.05) is 24.3 Å². The summed E-state index contributed by atoms with van der Waals surface area (Å²) in [5.41, 5.74) is 2.22. The van der Waals surface area contributed by atoms with E-state index in [1.807, 2.05) is 31.2 Å². The monoisotopic (exact) mass is 312 g/mol. The van der Waals surface area contributed by atoms with E-state index in [0.717, 1.165) is 11.3 Å². The van der Waals surface area contributed by atoms with E-state index in [1.54, 1.807) is 11.0 Å². The van der Waals surface area contributed by atoms with Gasteiger partial charge in [0.25, 0.3) is 0 Å². The van der Waals surface area contributed by atoms with Crippen LogP contribution in [0.1, 0.15) is 12.0 Å². The van der Waals surface area contributed by atoms with E-state index in [2.05, 4.69) is 5.32 Å². The lowest BCUT2D eigenvalue weighted by Crippen LogP contribution is -2.28. The van der Waals surface area contributed by atoms with Crippen LogP contribution in [0.5, 0.6) is 0 Å². The molecule has 1 atom stereocenters. The van der Waals surface area contributed by atoms with Crippen molar-refractivity contribution in [3.8, 4) is 0 Å². The smallest absolute Gasteiger partial charge is 0.229 e. The van der Waals surface area contributed by atoms with E-state index in [0.29, 0.717) is 12.2 Å². The minimum Gasteiger partial charge on any atom is -0.326 e. The summed E-state index contributed by atoms with van der Waals surface area (Å²) >= 11 is 0. The van der Waals surface area contributed by atoms with Crippen LogP contribution in [-0.2, 0) is 9.59 Å². The lowest BCUT2D eigenvalue weighted by Gasteiger charge is -2.19. The summed E-state index contributed by atoms with van der Waals surface area (Å²) in [5.74, 6) is -1.18. The molecule has 2 aromatic carbocycles. The highest BCUT2D eigenvalue weighted by molar-refractivity contribution is 6.03. The summed E-state index contributed by atoms with van der Waals surface area (Å²) in [6, 6.07) is 13.3. The molecule has 0 aliphatic carbocycles. The Labute approximate surface area is 133 Å². The third kappa shape index (κ3) is 3.23. The predicted octanol–water partition coefficient (Wildman–Crippen LogP) is 3.13. The molecular formula is C18H17FN2O2. The summed E-state index contributed by atoms with van der Waals surface area (Å²) in [7, 11) is 0. The van der Waals surface area contributed by atoms with Gasteiger partial charge in [0.2, 0.25) is 11.8 Å². The van der Waals surface area contributed by atoms with Crippen molar-refractivity contribution in [2.45, 2.75) is 13.3 Å². The van der Waals surface area contributed by atoms with Gasteiger partial charge in [-0.25, -0.2) is 4.39 Å². The molecule has 0 spiro atoms. The molecule has 1 heterocycles. The van der Waals surface area contributed by atoms with Crippen LogP contribution in [0.3, 0.4) is 0 Å². The maximum absolute atomic E-state index is 13.2. The quantitative estimate of drug-likeness (QED) is 0.946. The maximum atomic E-state index is 13.2. The van der Waals surface area contributed by atoms with Crippen LogP contribution in [-0.4, -0.2) is 18.4 Å². The summed E-state index contributed by atoms with van der Waals surface area (Å²) in [4.78, 5) is 26.2. The van der Waals surface area contributed by atoms with Crippen LogP contribution in [0, 0.1) is 18.7 Å². The van der Waals surface area contributed by atoms with Gasteiger partial charge in [0.05, 0.1) is 5.92 Å². The molecule has 1 aliphatic rings. The van der Waals surface area contributed by atoms with Gasteiger partial charge in [-0.05, 0) is 36.8 Å². The Balaban J connectivity index is 1.72. The molecule has 0 bridgehead atoms. The number of para-hydroxylation sites is 1. The minimum absolute atomic E-state index is 0.0707. The molecule has 4 nitrogen and oxygen atoms in total. The van der Waals surface area contributed by atoms with Gasteiger partial charge in [0.1, 0.15) is 5.82 Å². The Bertz CT molecular complexity index is 760. The van der Waals surface area contributed by atoms with Crippen LogP contribution in [0.2, 0.25) is 0 Å². The molecule has 1 fully saturated rings. The highest BCUT2D eigenvalue weighted by Crippen LogP contribution is 2.28. The Kier molecular flexibility index (Phi) is 4.10. The summed E-state index contributed by atoms with van der Waals surface area (Å²) < 4.78 is 13.2. The van der Waals surface area contributed by atoms with Crippen molar-refractivity contribution in [1.82, 2.24) is 0 Å². The first-order valence-corrected chi connectivity index (χ1v) is 7.47. The highest BCUT2D eigenvalue weighted by Gasteiger charge is 2.35. The van der Waals surface area contributed by atoms with Crippen molar-refractivity contribution in [3.63, 3.8) is 0 Å². The van der Waals surface area contributed by atoms with Crippen LogP contribution in [0.4, 0.5) is 15.8 Å². The van der Waals surface area contributed by atoms with E-state index in [4.69, 9.17) is 0 Å². The zero-order chi connectivity index (χ0) is 16.4. The number of rotatable bonds is 3. The number of hydrogen-bond donors (Lipinski definition) is 1. The Morgan fingerprint density at radius 1 is 1.22 bits per heavy atom. The van der Waals surface area contributed by atoms with Crippen molar-refractivity contribution in [1.29, 1.82) is 0 Å². The van der Waals surface area contributed by atoms with Crippen LogP contribution in [0.25, 0.3) is 0 Å². The fourth-order valence-electron chi connectivity index (χ4n) is 2.79. The van der Waals surface area contributed by atoms with Crippen LogP contribution >= 0.6 is 0 Å². The number of aryl methyl sites for hydroxylation is 1. The summed E-state index contributed by atoms with van der Waals surface area (Å²) in [6.45, 7) is 2.27. The van der Waals surface area contributed by atoms with Crippen molar-refractivity contribution in [3.05, 3.63) is 59.9 Å². The highest BCUT2D eigenvalue weighted by atomic mass is 19.1. The molecule has 0 saturated carbocycles. The van der Waals surface area contributed by atoms with Gasteiger partial charge in [-0.3, -0.25) is 9.59 Å². The minimum atomic E-state index is -0.439. The number of halogens is 1. The molecule has 0 radical (unpaired) electrons. The Morgan fingerprint density at radius 3 is 2.74 bits per heavy atom. The average molecular weight is 312 g/mol. The second-order valence-corrected chi connectivity index (χ2v) is 5.69. The van der Waals surface area contributed by atoms with Crippen molar-refractivity contribution >= 4 is 23.2 Å². The molecule has 5 heteroatoms. The van der Waals surface area contributed by atoms with Gasteiger partial charge in [0.15, 0.2) is 0 Å². The molecule has 118 valence electrons. The van der Waals surface area contributed by atoms with E-state index >= 15 is 0 Å². The molecule has 2 aromatic rings. The van der Waals surface area contributed by atoms with Crippen molar-refractivity contribution in [2.75, 3.05) is 16.8 Å². The number of nitrogens with zero attached hydrogens (tertiary/aromatic N) is 1. The second kappa shape index (κ2) is 6.20. The Hall–Kier alpha value is -2.69. The maximum Gasteiger partial charge on any atom is 0.229 e. The lowest BCUT2D eigenvalue weighted by atomic mass is 10.1. The van der Waals surface area contributed by atoms with Gasteiger partial charge in [0, 0.05) is 24.3 Å². The van der Waals surface area contributed by atoms with Crippen molar-refractivity contribution in [2.24, 2.45) is 5.92 Å². The molecule has 0 aromatic heterocycles. The first kappa shape index (κ1) is 15.2. The van der Waals surface area contributed by atoms with Gasteiger partial charge in [-0.2, -0.15) is 0 Å². The van der Waals surface area contributed by atoms with E-state index in [1.165, 1.54) is 18.2 Å². The first-order chi connectivity index (χ1) is 11.0. The first-order valence-electron chi connectivity index (χ1n) is 7.47. The molecule has 2 amide bonds. The molecule has 1 N–H and O–H groups in total. The van der Waals surface area contributed by atoms with Gasteiger partial charge < -0.3 is 10.2 Å². The molecule has 23 heavy (non-hydrogen) atoms. The fraction of sp³-hybridized carbons (Fsp3) is 0.222. The molecule has 1 aliphatic heterocycles. The molecule has 3 rings (SSSR count).